The van der Waals surface area contributed by atoms with Gasteiger partial charge in [-0.25, -0.2) is 4.79 Å². The molecule has 11 amide bonds. The lowest BCUT2D eigenvalue weighted by molar-refractivity contribution is -0.143. The van der Waals surface area contributed by atoms with Gasteiger partial charge in [-0.15, -0.1) is 0 Å². The lowest BCUT2D eigenvalue weighted by atomic mass is 9.97. The summed E-state index contributed by atoms with van der Waals surface area (Å²) in [5.41, 5.74) is 12.0. The van der Waals surface area contributed by atoms with Crippen molar-refractivity contribution in [2.75, 3.05) is 13.1 Å². The van der Waals surface area contributed by atoms with E-state index in [9.17, 15) is 92.7 Å². The van der Waals surface area contributed by atoms with Crippen LogP contribution in [0.4, 0.5) is 0 Å². The number of hydrogen-bond donors (Lipinski definition) is 16. The van der Waals surface area contributed by atoms with Crippen molar-refractivity contribution < 1.29 is 97.4 Å². The number of aromatic hydroxyl groups is 1. The fourth-order valence-corrected chi connectivity index (χ4v) is 12.3. The first-order valence-corrected chi connectivity index (χ1v) is 36.8. The second-order valence-electron chi connectivity index (χ2n) is 27.4. The van der Waals surface area contributed by atoms with Gasteiger partial charge in [0.1, 0.15) is 71.9 Å². The minimum atomic E-state index is -1.98. The number of nitrogens with two attached hydrogens (primary N) is 2. The number of unbranched alkanes of at least 4 members (excludes halogenated alkanes) is 11. The van der Waals surface area contributed by atoms with Crippen molar-refractivity contribution in [2.24, 2.45) is 17.4 Å². The highest BCUT2D eigenvalue weighted by molar-refractivity contribution is 5.99. The first kappa shape index (κ1) is 88.1. The molecule has 2 aromatic carbocycles. The summed E-state index contributed by atoms with van der Waals surface area (Å²) in [7, 11) is 0. The number of benzene rings is 2. The third-order valence-corrected chi connectivity index (χ3v) is 18.7. The standard InChI is InChI=1S/C73H112N12O20/c1-6-8-9-10-11-12-13-14-15-16-17-18-21-49(88)42-59(90)77-52(33-36-60(91)92)66(97)78-51(22-19-38-74)65(96)81-56-41-47-26-30-50(31-27-47)105-73(104)62(43(3)7-2)83-68(99)55(40-46-24-28-48(87)29-25-46)82-67(98)53(32-35-58(75)89)79-70(101)57-23-20-39-85(57)72(103)44(4)76-64(95)54(34-37-61(93)94)80-71(102)63(45(5)86)84-69(56)100/h24-31,43-45,49,51-57,62-63,86-88H,6-23,32-42,74H2,1-5H3,(H2,75,89)(H,76,95)(H,77,90)(H,78,97)(H,79,101)(H,80,102)(H,81,96)(H,82,98)(H,83,99)(H,84,100)(H,91,92)(H,93,94)/t43-,44+,45+,49?,51+,52-,53-,54-,55+,56-,57-,62-,63+/m0/s1. The van der Waals surface area contributed by atoms with Crippen LogP contribution in [-0.4, -0.2) is 199 Å². The highest BCUT2D eigenvalue weighted by atomic mass is 16.5. The molecule has 0 spiro atoms. The number of primary amides is 1. The van der Waals surface area contributed by atoms with E-state index in [-0.39, 0.29) is 62.3 Å². The minimum Gasteiger partial charge on any atom is -0.508 e. The summed E-state index contributed by atoms with van der Waals surface area (Å²) in [5.74, 6) is -15.4. The number of carboxylic acid groups (broad SMARTS) is 2. The van der Waals surface area contributed by atoms with Crippen molar-refractivity contribution in [1.29, 1.82) is 0 Å². The Balaban J connectivity index is 1.74. The SMILES string of the molecule is CCCCCCCCCCCCCCC(O)CC(=O)N[C@@H](CCC(=O)O)C(=O)N[C@H](CCCN)C(=O)N[C@H]1Cc2ccc(cc2)OC(=O)[C@H]([C@@H](C)CC)NC(=O)[C@@H](Cc2ccc(O)cc2)NC(=O)[C@H](CCC(N)=O)NC(=O)[C@@H]2CCCN2C(=O)[C@@H](C)NC(=O)[C@H](CCC(=O)O)NC(=O)[C@@H]([C@@H](C)O)NC1=O. The van der Waals surface area contributed by atoms with E-state index in [1.807, 2.05) is 0 Å². The molecule has 32 heteroatoms. The van der Waals surface area contributed by atoms with Crippen molar-refractivity contribution in [3.8, 4) is 11.5 Å². The quantitative estimate of drug-likeness (QED) is 0.0197. The number of fused-ring (bicyclic) bond motifs is 23. The van der Waals surface area contributed by atoms with Gasteiger partial charge in [0.15, 0.2) is 0 Å². The van der Waals surface area contributed by atoms with Crippen molar-refractivity contribution in [1.82, 2.24) is 52.8 Å². The van der Waals surface area contributed by atoms with Gasteiger partial charge in [-0.05, 0) is 113 Å². The number of ether oxygens (including phenoxy) is 1. The second-order valence-corrected chi connectivity index (χ2v) is 27.4. The van der Waals surface area contributed by atoms with Crippen molar-refractivity contribution in [3.05, 3.63) is 59.7 Å². The lowest BCUT2D eigenvalue weighted by Crippen LogP contribution is -2.62. The zero-order valence-corrected chi connectivity index (χ0v) is 61.1. The van der Waals surface area contributed by atoms with E-state index in [1.54, 1.807) is 13.8 Å². The number of amides is 11. The average Bonchev–Trinajstić information content (AvgIpc) is 1.78. The van der Waals surface area contributed by atoms with Crippen LogP contribution in [0.25, 0.3) is 0 Å². The van der Waals surface area contributed by atoms with E-state index in [4.69, 9.17) is 16.2 Å². The van der Waals surface area contributed by atoms with Crippen molar-refractivity contribution in [2.45, 2.75) is 281 Å². The van der Waals surface area contributed by atoms with Gasteiger partial charge in [-0.2, -0.15) is 0 Å². The molecule has 18 N–H and O–H groups in total. The highest BCUT2D eigenvalue weighted by Crippen LogP contribution is 2.23. The number of rotatable bonds is 37. The molecule has 1 saturated heterocycles. The zero-order chi connectivity index (χ0) is 77.7. The number of nitrogens with zero attached hydrogens (tertiary/aromatic N) is 1. The maximum atomic E-state index is 14.8. The van der Waals surface area contributed by atoms with E-state index in [2.05, 4.69) is 54.8 Å². The van der Waals surface area contributed by atoms with Gasteiger partial charge >= 0.3 is 17.9 Å². The Hall–Kier alpha value is -9.30. The molecule has 2 aromatic rings. The fraction of sp³-hybridized carbons (Fsp3) is 0.644. The molecule has 3 aliphatic heterocycles. The third-order valence-electron chi connectivity index (χ3n) is 18.7. The van der Waals surface area contributed by atoms with Crippen LogP contribution >= 0.6 is 0 Å². The zero-order valence-electron chi connectivity index (χ0n) is 61.1. The number of esters is 1. The largest absolute Gasteiger partial charge is 0.508 e. The van der Waals surface area contributed by atoms with Crippen LogP contribution in [0.15, 0.2) is 48.5 Å². The summed E-state index contributed by atoms with van der Waals surface area (Å²) in [6.07, 6.45) is 6.66. The van der Waals surface area contributed by atoms with Gasteiger partial charge < -0.3 is 94.5 Å². The number of carbonyl (C=O) groups excluding carboxylic acids is 12. The first-order valence-electron chi connectivity index (χ1n) is 36.8. The number of phenolic OH excluding ortho intramolecular Hbond substituents is 1. The number of nitrogens with one attached hydrogen (secondary N) is 9. The van der Waals surface area contributed by atoms with E-state index in [0.29, 0.717) is 24.8 Å². The van der Waals surface area contributed by atoms with Gasteiger partial charge in [-0.3, -0.25) is 62.3 Å². The molecule has 1 unspecified atom stereocenters. The number of carboxylic acids is 2. The highest BCUT2D eigenvalue weighted by Gasteiger charge is 2.41. The predicted molar refractivity (Wildman–Crippen MR) is 383 cm³/mol. The van der Waals surface area contributed by atoms with Crippen LogP contribution in [0.2, 0.25) is 0 Å². The molecular weight excluding hydrogens is 1360 g/mol. The first-order chi connectivity index (χ1) is 49.9. The molecule has 1 fully saturated rings. The molecule has 0 aliphatic carbocycles. The summed E-state index contributed by atoms with van der Waals surface area (Å²) < 4.78 is 5.82. The average molecular weight is 1480 g/mol. The Morgan fingerprint density at radius 2 is 1.16 bits per heavy atom. The Morgan fingerprint density at radius 3 is 1.74 bits per heavy atom. The second kappa shape index (κ2) is 46.5. The Bertz CT molecular complexity index is 3210. The Labute approximate surface area is 612 Å². The fourth-order valence-electron chi connectivity index (χ4n) is 12.3. The van der Waals surface area contributed by atoms with E-state index < -0.39 is 213 Å². The van der Waals surface area contributed by atoms with Gasteiger partial charge in [-0.1, -0.05) is 129 Å². The van der Waals surface area contributed by atoms with Gasteiger partial charge in [0, 0.05) is 38.6 Å². The number of aliphatic hydroxyl groups is 2. The van der Waals surface area contributed by atoms with Crippen molar-refractivity contribution >= 4 is 82.9 Å². The van der Waals surface area contributed by atoms with Crippen LogP contribution in [0.5, 0.6) is 11.5 Å². The molecule has 3 heterocycles. The van der Waals surface area contributed by atoms with Crippen LogP contribution in [0.1, 0.15) is 206 Å². The summed E-state index contributed by atoms with van der Waals surface area (Å²) >= 11 is 0. The summed E-state index contributed by atoms with van der Waals surface area (Å²) in [6, 6.07) is -4.87. The maximum Gasteiger partial charge on any atom is 0.334 e. The molecule has 584 valence electrons. The number of carbonyl (C=O) groups is 14. The minimum absolute atomic E-state index is 0.0221. The van der Waals surface area contributed by atoms with E-state index in [1.165, 1.54) is 94.0 Å². The molecule has 32 nitrogen and oxygen atoms in total. The molecule has 13 atom stereocenters. The number of phenols is 1. The molecule has 0 radical (unpaired) electrons. The molecular formula is C73H112N12O20. The molecule has 2 bridgehead atoms. The smallest absolute Gasteiger partial charge is 0.334 e. The van der Waals surface area contributed by atoms with Gasteiger partial charge in [0.25, 0.3) is 0 Å². The molecule has 105 heavy (non-hydrogen) atoms. The van der Waals surface area contributed by atoms with Crippen LogP contribution in [0.3, 0.4) is 0 Å². The Morgan fingerprint density at radius 1 is 0.610 bits per heavy atom. The number of aliphatic hydroxyl groups excluding tert-OH is 2. The molecule has 0 aromatic heterocycles. The molecule has 5 rings (SSSR count). The third kappa shape index (κ3) is 31.9. The summed E-state index contributed by atoms with van der Waals surface area (Å²) in [4.78, 5) is 195. The van der Waals surface area contributed by atoms with E-state index >= 15 is 0 Å². The van der Waals surface area contributed by atoms with Crippen LogP contribution < -0.4 is 64.1 Å². The maximum absolute atomic E-state index is 14.8. The number of aliphatic carboxylic acids is 2. The normalized spacial score (nSPS) is 21.8. The van der Waals surface area contributed by atoms with Crippen LogP contribution in [-0.2, 0) is 80.0 Å². The van der Waals surface area contributed by atoms with E-state index in [0.717, 1.165) is 43.9 Å². The summed E-state index contributed by atoms with van der Waals surface area (Å²) in [6.45, 7) is 7.84. The summed E-state index contributed by atoms with van der Waals surface area (Å²) in [5, 5.41) is 74.1. The predicted octanol–water partition coefficient (Wildman–Crippen LogP) is 1.47. The Kier molecular flexibility index (Phi) is 39.0. The molecule has 3 aliphatic rings. The van der Waals surface area contributed by atoms with Crippen molar-refractivity contribution in [3.63, 3.8) is 0 Å². The lowest BCUT2D eigenvalue weighted by Gasteiger charge is -2.30. The van der Waals surface area contributed by atoms with Gasteiger partial charge in [0.2, 0.25) is 65.0 Å². The number of hydrogen-bond acceptors (Lipinski definition) is 19. The monoisotopic (exact) mass is 1480 g/mol. The van der Waals surface area contributed by atoms with Gasteiger partial charge in [0.05, 0.1) is 18.6 Å². The molecule has 0 saturated carbocycles. The van der Waals surface area contributed by atoms with Crippen LogP contribution in [0, 0.1) is 5.92 Å². The topological polar surface area (TPSA) is 513 Å².